The fourth-order valence-corrected chi connectivity index (χ4v) is 2.09. The van der Waals surface area contributed by atoms with Crippen molar-refractivity contribution in [1.82, 2.24) is 20.5 Å². The Morgan fingerprint density at radius 3 is 2.86 bits per heavy atom. The predicted molar refractivity (Wildman–Crippen MR) is 76.0 cm³/mol. The van der Waals surface area contributed by atoms with Crippen LogP contribution in [0, 0.1) is 0 Å². The van der Waals surface area contributed by atoms with Gasteiger partial charge in [0.2, 0.25) is 17.8 Å². The lowest BCUT2D eigenvalue weighted by Crippen LogP contribution is -2.43. The van der Waals surface area contributed by atoms with Crippen LogP contribution >= 0.6 is 0 Å². The second-order valence-electron chi connectivity index (χ2n) is 4.65. The first kappa shape index (κ1) is 13.7. The van der Waals surface area contributed by atoms with Crippen molar-refractivity contribution in [2.24, 2.45) is 0 Å². The lowest BCUT2D eigenvalue weighted by atomic mass is 10.1. The third kappa shape index (κ3) is 2.77. The monoisotopic (exact) mass is 300 g/mol. The number of hydrogen-bond acceptors (Lipinski definition) is 5. The maximum Gasteiger partial charge on any atom is 0.254 e. The molecule has 3 amide bonds. The van der Waals surface area contributed by atoms with Crippen molar-refractivity contribution in [3.8, 4) is 0 Å². The smallest absolute Gasteiger partial charge is 0.254 e. The van der Waals surface area contributed by atoms with Crippen LogP contribution in [-0.4, -0.2) is 38.9 Å². The number of hydrogen-bond donors (Lipinski definition) is 4. The first-order valence-corrected chi connectivity index (χ1v) is 6.49. The quantitative estimate of drug-likeness (QED) is 0.628. The maximum atomic E-state index is 12.1. The van der Waals surface area contributed by atoms with E-state index in [1.54, 1.807) is 24.3 Å². The van der Waals surface area contributed by atoms with Gasteiger partial charge in [0.1, 0.15) is 12.4 Å². The number of benzene rings is 1. The Balaban J connectivity index is 1.71. The fourth-order valence-electron chi connectivity index (χ4n) is 2.09. The zero-order valence-electron chi connectivity index (χ0n) is 11.3. The van der Waals surface area contributed by atoms with Gasteiger partial charge in [0, 0.05) is 0 Å². The molecular formula is C13H12N6O3. The van der Waals surface area contributed by atoms with Crippen LogP contribution in [0.15, 0.2) is 30.6 Å². The van der Waals surface area contributed by atoms with Gasteiger partial charge in [-0.15, -0.1) is 0 Å². The second kappa shape index (κ2) is 5.64. The van der Waals surface area contributed by atoms with Crippen LogP contribution in [0.25, 0.3) is 0 Å². The highest BCUT2D eigenvalue weighted by molar-refractivity contribution is 6.11. The van der Waals surface area contributed by atoms with Crippen LogP contribution in [-0.2, 0) is 9.59 Å². The maximum absolute atomic E-state index is 12.1. The summed E-state index contributed by atoms with van der Waals surface area (Å²) in [7, 11) is 0. The SMILES string of the molecule is O=C(C[C@@H]1NC(=O)c2ccccc2NC1=O)Nc1ncn[nH]1. The van der Waals surface area contributed by atoms with E-state index in [9.17, 15) is 14.4 Å². The molecule has 3 rings (SSSR count). The number of nitrogens with zero attached hydrogens (tertiary/aromatic N) is 2. The summed E-state index contributed by atoms with van der Waals surface area (Å²) in [5.41, 5.74) is 0.775. The van der Waals surface area contributed by atoms with E-state index >= 15 is 0 Å². The predicted octanol–water partition coefficient (Wildman–Crippen LogP) is -0.116. The Kier molecular flexibility index (Phi) is 3.52. The van der Waals surface area contributed by atoms with Crippen molar-refractivity contribution in [2.75, 3.05) is 10.6 Å². The highest BCUT2D eigenvalue weighted by Gasteiger charge is 2.29. The van der Waals surface area contributed by atoms with Gasteiger partial charge >= 0.3 is 0 Å². The van der Waals surface area contributed by atoms with Gasteiger partial charge in [-0.05, 0) is 12.1 Å². The van der Waals surface area contributed by atoms with Gasteiger partial charge in [0.25, 0.3) is 5.91 Å². The molecule has 4 N–H and O–H groups in total. The number of rotatable bonds is 3. The van der Waals surface area contributed by atoms with Crippen LogP contribution in [0.1, 0.15) is 16.8 Å². The summed E-state index contributed by atoms with van der Waals surface area (Å²) in [4.78, 5) is 39.8. The third-order valence-corrected chi connectivity index (χ3v) is 3.11. The number of para-hydroxylation sites is 1. The first-order valence-electron chi connectivity index (χ1n) is 6.49. The van der Waals surface area contributed by atoms with Crippen molar-refractivity contribution >= 4 is 29.4 Å². The number of carbonyl (C=O) groups excluding carboxylic acids is 3. The highest BCUT2D eigenvalue weighted by Crippen LogP contribution is 2.18. The minimum atomic E-state index is -0.970. The van der Waals surface area contributed by atoms with Crippen molar-refractivity contribution in [2.45, 2.75) is 12.5 Å². The zero-order valence-corrected chi connectivity index (χ0v) is 11.3. The number of H-pyrrole nitrogens is 1. The molecule has 0 unspecified atom stereocenters. The normalized spacial score (nSPS) is 17.0. The van der Waals surface area contributed by atoms with Gasteiger partial charge in [-0.1, -0.05) is 12.1 Å². The molecule has 9 nitrogen and oxygen atoms in total. The summed E-state index contributed by atoms with van der Waals surface area (Å²) in [6, 6.07) is 5.67. The molecule has 2 heterocycles. The molecule has 1 aliphatic rings. The summed E-state index contributed by atoms with van der Waals surface area (Å²) >= 11 is 0. The highest BCUT2D eigenvalue weighted by atomic mass is 16.2. The molecule has 1 aromatic carbocycles. The first-order chi connectivity index (χ1) is 10.6. The molecule has 1 aliphatic heterocycles. The summed E-state index contributed by atoms with van der Waals surface area (Å²) in [5.74, 6) is -1.16. The molecule has 1 atom stereocenters. The Bertz CT molecular complexity index is 727. The van der Waals surface area contributed by atoms with E-state index < -0.39 is 23.8 Å². The number of carbonyl (C=O) groups is 3. The van der Waals surface area contributed by atoms with E-state index in [-0.39, 0.29) is 12.4 Å². The van der Waals surface area contributed by atoms with Crippen molar-refractivity contribution in [3.05, 3.63) is 36.2 Å². The summed E-state index contributed by atoms with van der Waals surface area (Å²) < 4.78 is 0. The summed E-state index contributed by atoms with van der Waals surface area (Å²) in [5, 5.41) is 13.7. The van der Waals surface area contributed by atoms with Crippen LogP contribution in [0.5, 0.6) is 0 Å². The lowest BCUT2D eigenvalue weighted by Gasteiger charge is -2.13. The molecule has 0 saturated carbocycles. The minimum Gasteiger partial charge on any atom is -0.340 e. The van der Waals surface area contributed by atoms with Crippen LogP contribution in [0.3, 0.4) is 0 Å². The lowest BCUT2D eigenvalue weighted by molar-refractivity contribution is -0.122. The average Bonchev–Trinajstić information content (AvgIpc) is 2.95. The van der Waals surface area contributed by atoms with Crippen LogP contribution in [0.2, 0.25) is 0 Å². The van der Waals surface area contributed by atoms with E-state index in [1.165, 1.54) is 6.33 Å². The Morgan fingerprint density at radius 2 is 2.09 bits per heavy atom. The molecule has 0 saturated heterocycles. The minimum absolute atomic E-state index is 0.175. The van der Waals surface area contributed by atoms with Gasteiger partial charge in [0.15, 0.2) is 0 Å². The molecule has 0 aliphatic carbocycles. The van der Waals surface area contributed by atoms with Crippen LogP contribution in [0.4, 0.5) is 11.6 Å². The van der Waals surface area contributed by atoms with Gasteiger partial charge in [0.05, 0.1) is 17.7 Å². The molecule has 1 aromatic heterocycles. The Morgan fingerprint density at radius 1 is 1.27 bits per heavy atom. The number of aromatic amines is 1. The van der Waals surface area contributed by atoms with Gasteiger partial charge in [-0.25, -0.2) is 5.10 Å². The van der Waals surface area contributed by atoms with Gasteiger partial charge in [-0.3, -0.25) is 19.7 Å². The molecule has 2 aromatic rings. The molecule has 0 fully saturated rings. The molecule has 0 radical (unpaired) electrons. The van der Waals surface area contributed by atoms with E-state index in [2.05, 4.69) is 31.1 Å². The van der Waals surface area contributed by atoms with Crippen molar-refractivity contribution in [1.29, 1.82) is 0 Å². The standard InChI is InChI=1S/C13H12N6O3/c20-10(18-13-14-6-15-19-13)5-9-12(22)16-8-4-2-1-3-7(8)11(21)17-9/h1-4,6,9H,5H2,(H,16,22)(H,17,21)(H2,14,15,18,19,20)/t9-/m0/s1. The molecule has 9 heteroatoms. The number of fused-ring (bicyclic) bond motifs is 1. The van der Waals surface area contributed by atoms with E-state index in [1.807, 2.05) is 0 Å². The van der Waals surface area contributed by atoms with E-state index in [4.69, 9.17) is 0 Å². The van der Waals surface area contributed by atoms with E-state index in [0.29, 0.717) is 11.3 Å². The molecule has 112 valence electrons. The zero-order chi connectivity index (χ0) is 15.5. The molecular weight excluding hydrogens is 288 g/mol. The Hall–Kier alpha value is -3.23. The van der Waals surface area contributed by atoms with Crippen LogP contribution < -0.4 is 16.0 Å². The molecule has 22 heavy (non-hydrogen) atoms. The Labute approximate surface area is 124 Å². The van der Waals surface area contributed by atoms with Gasteiger partial charge < -0.3 is 10.6 Å². The molecule has 0 bridgehead atoms. The van der Waals surface area contributed by atoms with E-state index in [0.717, 1.165) is 0 Å². The average molecular weight is 300 g/mol. The van der Waals surface area contributed by atoms with Crippen molar-refractivity contribution < 1.29 is 14.4 Å². The number of nitrogens with one attached hydrogen (secondary N) is 4. The summed E-state index contributed by atoms with van der Waals surface area (Å²) in [6.07, 6.45) is 1.03. The largest absolute Gasteiger partial charge is 0.340 e. The molecule has 0 spiro atoms. The topological polar surface area (TPSA) is 129 Å². The van der Waals surface area contributed by atoms with Crippen molar-refractivity contribution in [3.63, 3.8) is 0 Å². The number of anilines is 2. The summed E-state index contributed by atoms with van der Waals surface area (Å²) in [6.45, 7) is 0. The van der Waals surface area contributed by atoms with Gasteiger partial charge in [-0.2, -0.15) is 10.1 Å². The third-order valence-electron chi connectivity index (χ3n) is 3.11. The fraction of sp³-hybridized carbons (Fsp3) is 0.154. The number of amides is 3. The second-order valence-corrected chi connectivity index (χ2v) is 4.65. The number of aromatic nitrogens is 3.